The van der Waals surface area contributed by atoms with Crippen molar-refractivity contribution in [2.45, 2.75) is 18.1 Å². The Kier molecular flexibility index (Phi) is 3.18. The topological polar surface area (TPSA) is 139 Å². The zero-order chi connectivity index (χ0) is 14.2. The van der Waals surface area contributed by atoms with Gasteiger partial charge in [0.15, 0.2) is 15.5 Å². The summed E-state index contributed by atoms with van der Waals surface area (Å²) in [5.41, 5.74) is 2.90. The summed E-state index contributed by atoms with van der Waals surface area (Å²) in [5, 5.41) is 10.0. The Hall–Kier alpha value is -1.94. The Morgan fingerprint density at radius 2 is 2.30 bits per heavy atom. The van der Waals surface area contributed by atoms with E-state index in [1.54, 1.807) is 6.20 Å². The highest BCUT2D eigenvalue weighted by Gasteiger charge is 2.31. The van der Waals surface area contributed by atoms with Crippen molar-refractivity contribution in [1.82, 2.24) is 20.2 Å². The molecule has 1 aliphatic heterocycles. The average molecular weight is 297 g/mol. The van der Waals surface area contributed by atoms with Gasteiger partial charge in [0, 0.05) is 6.54 Å². The molecule has 2 aromatic heterocycles. The van der Waals surface area contributed by atoms with E-state index < -0.39 is 9.84 Å². The first kappa shape index (κ1) is 13.1. The van der Waals surface area contributed by atoms with Crippen LogP contribution >= 0.6 is 0 Å². The number of H-pyrrole nitrogens is 1. The number of nitrogens with one attached hydrogen (secondary N) is 3. The van der Waals surface area contributed by atoms with E-state index >= 15 is 0 Å². The maximum atomic E-state index is 11.8. The standard InChI is InChI=1S/C10H15N7O2S/c11-16-10-14-8(7-5-13-17-9(7)15-10)12-4-6-2-1-3-20(6,18)19/h5-6H,1-4,11H2,(H3,12,13,14,15,16,17). The van der Waals surface area contributed by atoms with Crippen LogP contribution in [0.15, 0.2) is 6.20 Å². The van der Waals surface area contributed by atoms with Crippen LogP contribution in [-0.2, 0) is 9.84 Å². The molecule has 0 aromatic carbocycles. The fourth-order valence-corrected chi connectivity index (χ4v) is 4.10. The molecule has 1 atom stereocenters. The molecule has 0 amide bonds. The van der Waals surface area contributed by atoms with Gasteiger partial charge in [0.1, 0.15) is 5.82 Å². The average Bonchev–Trinajstić information content (AvgIpc) is 3.01. The minimum Gasteiger partial charge on any atom is -0.368 e. The van der Waals surface area contributed by atoms with Gasteiger partial charge in [-0.05, 0) is 12.8 Å². The summed E-state index contributed by atoms with van der Waals surface area (Å²) in [4.78, 5) is 8.29. The van der Waals surface area contributed by atoms with E-state index in [0.717, 1.165) is 6.42 Å². The maximum absolute atomic E-state index is 11.8. The molecular formula is C10H15N7O2S. The lowest BCUT2D eigenvalue weighted by molar-refractivity contribution is 0.591. The van der Waals surface area contributed by atoms with Gasteiger partial charge in [-0.2, -0.15) is 15.1 Å². The second kappa shape index (κ2) is 4.87. The van der Waals surface area contributed by atoms with E-state index in [0.29, 0.717) is 29.8 Å². The molecule has 10 heteroatoms. The molecule has 2 aromatic rings. The number of hydrogen-bond donors (Lipinski definition) is 4. The maximum Gasteiger partial charge on any atom is 0.241 e. The smallest absolute Gasteiger partial charge is 0.241 e. The van der Waals surface area contributed by atoms with E-state index in [4.69, 9.17) is 5.84 Å². The molecule has 0 spiro atoms. The van der Waals surface area contributed by atoms with Gasteiger partial charge in [0.25, 0.3) is 0 Å². The van der Waals surface area contributed by atoms with E-state index in [-0.39, 0.29) is 17.0 Å². The molecule has 1 unspecified atom stereocenters. The van der Waals surface area contributed by atoms with Crippen molar-refractivity contribution in [3.05, 3.63) is 6.20 Å². The number of fused-ring (bicyclic) bond motifs is 1. The molecule has 1 aliphatic rings. The SMILES string of the molecule is NNc1nc(NCC2CCCS2(=O)=O)c2cn[nH]c2n1. The van der Waals surface area contributed by atoms with Crippen molar-refractivity contribution in [2.24, 2.45) is 5.84 Å². The second-order valence-corrected chi connectivity index (χ2v) is 7.09. The summed E-state index contributed by atoms with van der Waals surface area (Å²) in [7, 11) is -2.98. The van der Waals surface area contributed by atoms with Crippen LogP contribution in [0.25, 0.3) is 11.0 Å². The van der Waals surface area contributed by atoms with Crippen LogP contribution in [0.2, 0.25) is 0 Å². The molecular weight excluding hydrogens is 282 g/mol. The molecule has 0 aliphatic carbocycles. The summed E-state index contributed by atoms with van der Waals surface area (Å²) in [5.74, 6) is 6.32. The molecule has 0 bridgehead atoms. The van der Waals surface area contributed by atoms with Gasteiger partial charge in [-0.15, -0.1) is 0 Å². The van der Waals surface area contributed by atoms with Crippen LogP contribution in [-0.4, -0.2) is 46.1 Å². The minimum absolute atomic E-state index is 0.235. The Morgan fingerprint density at radius 1 is 1.45 bits per heavy atom. The van der Waals surface area contributed by atoms with E-state index in [1.807, 2.05) is 0 Å². The molecule has 1 saturated heterocycles. The normalized spacial score (nSPS) is 21.1. The van der Waals surface area contributed by atoms with Crippen LogP contribution < -0.4 is 16.6 Å². The van der Waals surface area contributed by atoms with Gasteiger partial charge in [-0.1, -0.05) is 0 Å². The molecule has 0 saturated carbocycles. The van der Waals surface area contributed by atoms with Crippen molar-refractivity contribution < 1.29 is 8.42 Å². The Morgan fingerprint density at radius 3 is 3.00 bits per heavy atom. The van der Waals surface area contributed by atoms with Gasteiger partial charge < -0.3 is 5.32 Å². The quantitative estimate of drug-likeness (QED) is 0.443. The minimum atomic E-state index is -2.98. The van der Waals surface area contributed by atoms with E-state index in [2.05, 4.69) is 30.9 Å². The number of hydrazine groups is 1. The third kappa shape index (κ3) is 2.27. The Bertz CT molecular complexity index is 726. The lowest BCUT2D eigenvalue weighted by Crippen LogP contribution is -2.25. The monoisotopic (exact) mass is 297 g/mol. The lowest BCUT2D eigenvalue weighted by Gasteiger charge is -2.12. The third-order valence-electron chi connectivity index (χ3n) is 3.40. The summed E-state index contributed by atoms with van der Waals surface area (Å²) in [6.07, 6.45) is 2.98. The van der Waals surface area contributed by atoms with Crippen molar-refractivity contribution >= 4 is 32.6 Å². The highest BCUT2D eigenvalue weighted by molar-refractivity contribution is 7.92. The largest absolute Gasteiger partial charge is 0.368 e. The molecule has 5 N–H and O–H groups in total. The Balaban J connectivity index is 1.85. The number of aromatic amines is 1. The van der Waals surface area contributed by atoms with Crippen LogP contribution in [0.5, 0.6) is 0 Å². The van der Waals surface area contributed by atoms with Gasteiger partial charge in [-0.3, -0.25) is 10.5 Å². The van der Waals surface area contributed by atoms with Crippen molar-refractivity contribution in [3.63, 3.8) is 0 Å². The van der Waals surface area contributed by atoms with Crippen molar-refractivity contribution in [3.8, 4) is 0 Å². The van der Waals surface area contributed by atoms with Crippen LogP contribution in [0.3, 0.4) is 0 Å². The highest BCUT2D eigenvalue weighted by atomic mass is 32.2. The summed E-state index contributed by atoms with van der Waals surface area (Å²) in [6, 6.07) is 0. The van der Waals surface area contributed by atoms with Crippen molar-refractivity contribution in [1.29, 1.82) is 0 Å². The zero-order valence-electron chi connectivity index (χ0n) is 10.6. The molecule has 0 radical (unpaired) electrons. The summed E-state index contributed by atoms with van der Waals surface area (Å²) in [6.45, 7) is 0.323. The highest BCUT2D eigenvalue weighted by Crippen LogP contribution is 2.23. The first-order valence-corrected chi connectivity index (χ1v) is 7.95. The van der Waals surface area contributed by atoms with Crippen LogP contribution in [0, 0.1) is 0 Å². The molecule has 9 nitrogen and oxygen atoms in total. The number of anilines is 2. The first-order chi connectivity index (χ1) is 9.60. The van der Waals surface area contributed by atoms with Gasteiger partial charge in [-0.25, -0.2) is 14.3 Å². The lowest BCUT2D eigenvalue weighted by atomic mass is 10.2. The number of nitrogens with two attached hydrogens (primary N) is 1. The van der Waals surface area contributed by atoms with Crippen molar-refractivity contribution in [2.75, 3.05) is 23.0 Å². The molecule has 3 heterocycles. The number of hydrogen-bond acceptors (Lipinski definition) is 8. The number of aromatic nitrogens is 4. The number of nitrogen functional groups attached to an aromatic ring is 1. The molecule has 20 heavy (non-hydrogen) atoms. The van der Waals surface area contributed by atoms with Gasteiger partial charge in [0.2, 0.25) is 5.95 Å². The van der Waals surface area contributed by atoms with Crippen LogP contribution in [0.4, 0.5) is 11.8 Å². The number of rotatable bonds is 4. The number of sulfone groups is 1. The Labute approximate surface area is 115 Å². The van der Waals surface area contributed by atoms with E-state index in [9.17, 15) is 8.42 Å². The second-order valence-electron chi connectivity index (χ2n) is 4.68. The molecule has 3 rings (SSSR count). The number of nitrogens with zero attached hydrogens (tertiary/aromatic N) is 3. The fourth-order valence-electron chi connectivity index (χ4n) is 2.33. The predicted molar refractivity (Wildman–Crippen MR) is 74.8 cm³/mol. The summed E-state index contributed by atoms with van der Waals surface area (Å²) >= 11 is 0. The van der Waals surface area contributed by atoms with Gasteiger partial charge >= 0.3 is 0 Å². The molecule has 108 valence electrons. The first-order valence-electron chi connectivity index (χ1n) is 6.23. The predicted octanol–water partition coefficient (Wildman–Crippen LogP) is -0.372. The summed E-state index contributed by atoms with van der Waals surface area (Å²) < 4.78 is 23.6. The molecule has 1 fully saturated rings. The van der Waals surface area contributed by atoms with E-state index in [1.165, 1.54) is 0 Å². The zero-order valence-corrected chi connectivity index (χ0v) is 11.4. The van der Waals surface area contributed by atoms with Crippen LogP contribution in [0.1, 0.15) is 12.8 Å². The third-order valence-corrected chi connectivity index (χ3v) is 5.67. The fraction of sp³-hybridized carbons (Fsp3) is 0.500. The van der Waals surface area contributed by atoms with Gasteiger partial charge in [0.05, 0.1) is 22.6 Å².